The van der Waals surface area contributed by atoms with E-state index in [-0.39, 0.29) is 20.1 Å². The molecule has 0 aliphatic heterocycles. The molecule has 0 amide bonds. The first-order chi connectivity index (χ1) is 23.1. The number of fused-ring (bicyclic) bond motifs is 3. The molecule has 8 rings (SSSR count). The number of hydrogen-bond acceptors (Lipinski definition) is 3. The van der Waals surface area contributed by atoms with Gasteiger partial charge in [-0.15, -0.1) is 59.2 Å². The minimum Gasteiger partial charge on any atom is -0.305 e. The van der Waals surface area contributed by atoms with E-state index in [4.69, 9.17) is 0 Å². The van der Waals surface area contributed by atoms with Crippen molar-refractivity contribution in [2.45, 2.75) is 26.2 Å². The molecule has 3 aromatic heterocycles. The van der Waals surface area contributed by atoms with Crippen LogP contribution in [0.2, 0.25) is 0 Å². The predicted molar refractivity (Wildman–Crippen MR) is 199 cm³/mol. The Morgan fingerprint density at radius 3 is 2.10 bits per heavy atom. The Balaban J connectivity index is 0.000000182. The minimum absolute atomic E-state index is 0. The van der Waals surface area contributed by atoms with Gasteiger partial charge in [0, 0.05) is 37.2 Å². The van der Waals surface area contributed by atoms with Gasteiger partial charge in [0.05, 0.1) is 0 Å². The van der Waals surface area contributed by atoms with Crippen LogP contribution in [-0.4, -0.2) is 9.97 Å². The molecule has 0 aliphatic carbocycles. The molecule has 0 spiro atoms. The molecule has 1 radical (unpaired) electrons. The molecule has 8 aromatic rings. The fourth-order valence-electron chi connectivity index (χ4n) is 5.75. The summed E-state index contributed by atoms with van der Waals surface area (Å²) in [6.45, 7) is 4.49. The van der Waals surface area contributed by atoms with Gasteiger partial charge in [0.15, 0.2) is 0 Å². The smallest absolute Gasteiger partial charge is 0.0242 e. The number of thiophene rings is 1. The molecule has 0 bridgehead atoms. The van der Waals surface area contributed by atoms with Crippen LogP contribution < -0.4 is 0 Å². The number of rotatable bonds is 6. The first-order valence-corrected chi connectivity index (χ1v) is 16.8. The second-order valence-electron chi connectivity index (χ2n) is 11.9. The van der Waals surface area contributed by atoms with Crippen molar-refractivity contribution in [2.75, 3.05) is 0 Å². The van der Waals surface area contributed by atoms with Gasteiger partial charge in [-0.05, 0) is 74.3 Å². The summed E-state index contributed by atoms with van der Waals surface area (Å²) in [7, 11) is 0. The molecule has 3 heterocycles. The van der Waals surface area contributed by atoms with E-state index >= 15 is 0 Å². The van der Waals surface area contributed by atoms with E-state index in [2.05, 4.69) is 133 Å². The van der Waals surface area contributed by atoms with Crippen molar-refractivity contribution in [3.05, 3.63) is 181 Å². The van der Waals surface area contributed by atoms with Gasteiger partial charge in [0.25, 0.3) is 0 Å². The van der Waals surface area contributed by atoms with Crippen LogP contribution in [0.1, 0.15) is 36.5 Å². The molecule has 0 saturated heterocycles. The Kier molecular flexibility index (Phi) is 10.7. The monoisotopic (exact) mass is 815 g/mol. The second-order valence-corrected chi connectivity index (χ2v) is 13.0. The molecule has 48 heavy (non-hydrogen) atoms. The van der Waals surface area contributed by atoms with Crippen molar-refractivity contribution in [1.82, 2.24) is 9.97 Å². The molecular weight excluding hydrogens is 781 g/mol. The van der Waals surface area contributed by atoms with Crippen molar-refractivity contribution >= 4 is 31.5 Å². The number of aromatic nitrogens is 2. The molecule has 0 atom stereocenters. The van der Waals surface area contributed by atoms with E-state index in [0.29, 0.717) is 5.92 Å². The third-order valence-corrected chi connectivity index (χ3v) is 9.41. The van der Waals surface area contributed by atoms with Crippen LogP contribution >= 0.6 is 11.3 Å². The standard InChI is InChI=1S/C27H22NS.C17H12N.Ir/c1-18(2)21-8-10-23-24-16-22(9-11-26(24)29-27(23)17-21)25-15-20(12-13-28-25)14-19-6-4-3-5-7-19;1-2-7-14(8-3-1)15-9-6-10-16(13-15)17-11-4-5-12-18-17;/h3-8,10-13,15-18H,14H2,1-2H3;1-9,11-13H;/q2*-1;. The number of hydrogen-bond donors (Lipinski definition) is 0. The zero-order chi connectivity index (χ0) is 32.0. The summed E-state index contributed by atoms with van der Waals surface area (Å²) in [5.74, 6) is 0.545. The Labute approximate surface area is 300 Å². The van der Waals surface area contributed by atoms with Gasteiger partial charge in [-0.25, -0.2) is 0 Å². The number of nitrogens with zero attached hydrogens (tertiary/aromatic N) is 2. The van der Waals surface area contributed by atoms with Crippen LogP contribution in [-0.2, 0) is 26.5 Å². The van der Waals surface area contributed by atoms with Crippen molar-refractivity contribution in [3.8, 4) is 33.6 Å². The van der Waals surface area contributed by atoms with Crippen LogP contribution in [0.15, 0.2) is 152 Å². The van der Waals surface area contributed by atoms with Crippen LogP contribution in [0.25, 0.3) is 53.8 Å². The van der Waals surface area contributed by atoms with Crippen LogP contribution in [0.4, 0.5) is 0 Å². The third-order valence-electron chi connectivity index (χ3n) is 8.30. The van der Waals surface area contributed by atoms with Crippen molar-refractivity contribution in [1.29, 1.82) is 0 Å². The Bertz CT molecular complexity index is 2190. The zero-order valence-electron chi connectivity index (χ0n) is 26.9. The average molecular weight is 815 g/mol. The van der Waals surface area contributed by atoms with Gasteiger partial charge < -0.3 is 9.97 Å². The van der Waals surface area contributed by atoms with Gasteiger partial charge in [-0.1, -0.05) is 110 Å². The van der Waals surface area contributed by atoms with Crippen molar-refractivity contribution < 1.29 is 20.1 Å². The first kappa shape index (κ1) is 33.2. The Morgan fingerprint density at radius 2 is 1.33 bits per heavy atom. The summed E-state index contributed by atoms with van der Waals surface area (Å²) in [6, 6.07) is 55.2. The van der Waals surface area contributed by atoms with Gasteiger partial charge in [0.1, 0.15) is 0 Å². The van der Waals surface area contributed by atoms with E-state index in [0.717, 1.165) is 28.9 Å². The summed E-state index contributed by atoms with van der Waals surface area (Å²) in [4.78, 5) is 8.98. The van der Waals surface area contributed by atoms with Gasteiger partial charge >= 0.3 is 0 Å². The maximum Gasteiger partial charge on any atom is 0.0242 e. The van der Waals surface area contributed by atoms with Gasteiger partial charge in [-0.2, -0.15) is 11.3 Å². The second kappa shape index (κ2) is 15.4. The molecule has 0 N–H and O–H groups in total. The largest absolute Gasteiger partial charge is 0.305 e. The summed E-state index contributed by atoms with van der Waals surface area (Å²) in [6.07, 6.45) is 4.63. The molecular formula is C44H34IrN2S-2. The summed E-state index contributed by atoms with van der Waals surface area (Å²) in [5, 5.41) is 2.62. The van der Waals surface area contributed by atoms with E-state index < -0.39 is 0 Å². The molecule has 5 aromatic carbocycles. The van der Waals surface area contributed by atoms with E-state index in [1.54, 1.807) is 6.20 Å². The molecule has 0 unspecified atom stereocenters. The predicted octanol–water partition coefficient (Wildman–Crippen LogP) is 11.8. The first-order valence-electron chi connectivity index (χ1n) is 16.0. The normalized spacial score (nSPS) is 10.8. The molecule has 4 heteroatoms. The Hall–Kier alpha value is -4.73. The maximum absolute atomic E-state index is 4.63. The van der Waals surface area contributed by atoms with E-state index in [1.165, 1.54) is 48.0 Å². The van der Waals surface area contributed by atoms with Crippen LogP contribution in [0, 0.1) is 12.1 Å². The maximum atomic E-state index is 4.63. The Morgan fingerprint density at radius 1 is 0.583 bits per heavy atom. The fourth-order valence-corrected chi connectivity index (χ4v) is 6.87. The zero-order valence-corrected chi connectivity index (χ0v) is 30.1. The van der Waals surface area contributed by atoms with Crippen LogP contribution in [0.3, 0.4) is 0 Å². The third kappa shape index (κ3) is 7.69. The molecule has 0 fully saturated rings. The van der Waals surface area contributed by atoms with E-state index in [9.17, 15) is 0 Å². The quantitative estimate of drug-likeness (QED) is 0.156. The van der Waals surface area contributed by atoms with Gasteiger partial charge in [-0.3, -0.25) is 0 Å². The average Bonchev–Trinajstić information content (AvgIpc) is 3.50. The summed E-state index contributed by atoms with van der Waals surface area (Å²) >= 11 is 1.85. The molecule has 0 saturated carbocycles. The number of benzene rings is 5. The van der Waals surface area contributed by atoms with E-state index in [1.807, 2.05) is 60.0 Å². The minimum atomic E-state index is 0. The SMILES string of the molecule is CC(C)c1ccc2c(c1)sc1c[c-]c(-c3cc(Cc4ccccc4)ccn3)cc12.[Ir].[c-]1ccc(-c2ccccc2)cc1-c1ccccn1. The number of pyridine rings is 2. The fraction of sp³-hybridized carbons (Fsp3) is 0.0909. The summed E-state index contributed by atoms with van der Waals surface area (Å²) in [5.41, 5.74) is 10.4. The summed E-state index contributed by atoms with van der Waals surface area (Å²) < 4.78 is 2.63. The molecule has 0 aliphatic rings. The van der Waals surface area contributed by atoms with Crippen molar-refractivity contribution in [2.24, 2.45) is 0 Å². The topological polar surface area (TPSA) is 25.8 Å². The van der Waals surface area contributed by atoms with Crippen molar-refractivity contribution in [3.63, 3.8) is 0 Å². The van der Waals surface area contributed by atoms with Crippen LogP contribution in [0.5, 0.6) is 0 Å². The van der Waals surface area contributed by atoms with Gasteiger partial charge in [0.2, 0.25) is 0 Å². The molecule has 2 nitrogen and oxygen atoms in total. The molecule has 237 valence electrons.